The van der Waals surface area contributed by atoms with Gasteiger partial charge in [0.2, 0.25) is 0 Å². The Bertz CT molecular complexity index is 535. The molecule has 2 N–H and O–H groups in total. The lowest BCUT2D eigenvalue weighted by Crippen LogP contribution is -3.10. The molecular weight excluding hydrogens is 292 g/mol. The first-order valence-electron chi connectivity index (χ1n) is 8.47. The highest BCUT2D eigenvalue weighted by atomic mass is 16.3. The predicted molar refractivity (Wildman–Crippen MR) is 85.7 cm³/mol. The van der Waals surface area contributed by atoms with Gasteiger partial charge in [-0.3, -0.25) is 4.79 Å². The van der Waals surface area contributed by atoms with Gasteiger partial charge >= 0.3 is 0 Å². The Morgan fingerprint density at radius 1 is 1.04 bits per heavy atom. The third-order valence-corrected chi connectivity index (χ3v) is 4.39. The van der Waals surface area contributed by atoms with Crippen molar-refractivity contribution < 1.29 is 18.5 Å². The topological polar surface area (TPSA) is 59.8 Å². The summed E-state index contributed by atoms with van der Waals surface area (Å²) >= 11 is 0. The number of carbonyl (C=O) groups is 1. The second-order valence-corrected chi connectivity index (χ2v) is 6.34. The molecule has 0 aromatic carbocycles. The van der Waals surface area contributed by atoms with Gasteiger partial charge < -0.3 is 19.1 Å². The van der Waals surface area contributed by atoms with Gasteiger partial charge in [0.05, 0.1) is 12.5 Å². The minimum absolute atomic E-state index is 0.116. The summed E-state index contributed by atoms with van der Waals surface area (Å²) in [5.41, 5.74) is 0. The van der Waals surface area contributed by atoms with Gasteiger partial charge in [-0.25, -0.2) is 0 Å². The van der Waals surface area contributed by atoms with Gasteiger partial charge in [-0.05, 0) is 37.1 Å². The van der Waals surface area contributed by atoms with Gasteiger partial charge in [-0.1, -0.05) is 19.3 Å². The van der Waals surface area contributed by atoms with Crippen molar-refractivity contribution in [2.24, 2.45) is 0 Å². The van der Waals surface area contributed by atoms with E-state index in [9.17, 15) is 4.79 Å². The van der Waals surface area contributed by atoms with Crippen LogP contribution in [0.1, 0.15) is 43.6 Å². The molecule has 0 spiro atoms. The summed E-state index contributed by atoms with van der Waals surface area (Å²) in [4.78, 5) is 13.5. The molecule has 0 aliphatic heterocycles. The van der Waals surface area contributed by atoms with Crippen molar-refractivity contribution in [3.05, 3.63) is 48.3 Å². The Hall–Kier alpha value is -2.01. The van der Waals surface area contributed by atoms with Crippen molar-refractivity contribution in [3.8, 4) is 0 Å². The SMILES string of the molecule is O=C(C[NH+](Cc1ccco1)Cc1ccco1)NC1CCCCC1. The molecule has 1 aliphatic carbocycles. The lowest BCUT2D eigenvalue weighted by Gasteiger charge is -2.24. The summed E-state index contributed by atoms with van der Waals surface area (Å²) in [7, 11) is 0. The maximum atomic E-state index is 12.4. The third-order valence-electron chi connectivity index (χ3n) is 4.39. The monoisotopic (exact) mass is 317 g/mol. The van der Waals surface area contributed by atoms with E-state index < -0.39 is 0 Å². The zero-order valence-corrected chi connectivity index (χ0v) is 13.4. The Kier molecular flexibility index (Phi) is 5.53. The third kappa shape index (κ3) is 4.99. The Labute approximate surface area is 136 Å². The smallest absolute Gasteiger partial charge is 0.275 e. The van der Waals surface area contributed by atoms with Crippen LogP contribution in [0.15, 0.2) is 45.6 Å². The first kappa shape index (κ1) is 15.9. The molecule has 0 atom stereocenters. The van der Waals surface area contributed by atoms with Gasteiger partial charge in [0.15, 0.2) is 18.1 Å². The highest BCUT2D eigenvalue weighted by Gasteiger charge is 2.21. The van der Waals surface area contributed by atoms with Crippen molar-refractivity contribution in [3.63, 3.8) is 0 Å². The fraction of sp³-hybridized carbons (Fsp3) is 0.500. The molecule has 1 aliphatic rings. The molecule has 2 aromatic heterocycles. The van der Waals surface area contributed by atoms with Crippen molar-refractivity contribution in [1.29, 1.82) is 0 Å². The molecule has 124 valence electrons. The fourth-order valence-corrected chi connectivity index (χ4v) is 3.26. The molecule has 0 saturated heterocycles. The first-order valence-corrected chi connectivity index (χ1v) is 8.47. The summed E-state index contributed by atoms with van der Waals surface area (Å²) < 4.78 is 10.9. The van der Waals surface area contributed by atoms with E-state index in [4.69, 9.17) is 8.83 Å². The zero-order valence-electron chi connectivity index (χ0n) is 13.4. The Morgan fingerprint density at radius 3 is 2.17 bits per heavy atom. The van der Waals surface area contributed by atoms with Crippen LogP contribution in [-0.4, -0.2) is 18.5 Å². The van der Waals surface area contributed by atoms with E-state index in [-0.39, 0.29) is 5.91 Å². The number of rotatable bonds is 7. The van der Waals surface area contributed by atoms with Gasteiger partial charge in [-0.2, -0.15) is 0 Å². The minimum atomic E-state index is 0.116. The molecule has 2 aromatic rings. The lowest BCUT2D eigenvalue weighted by molar-refractivity contribution is -0.921. The van der Waals surface area contributed by atoms with Crippen molar-refractivity contribution in [2.75, 3.05) is 6.54 Å². The maximum Gasteiger partial charge on any atom is 0.275 e. The number of quaternary nitrogens is 1. The van der Waals surface area contributed by atoms with Crippen LogP contribution >= 0.6 is 0 Å². The normalized spacial score (nSPS) is 15.9. The molecule has 2 heterocycles. The van der Waals surface area contributed by atoms with Gasteiger partial charge in [-0.15, -0.1) is 0 Å². The number of amides is 1. The summed E-state index contributed by atoms with van der Waals surface area (Å²) in [6.45, 7) is 1.77. The standard InChI is InChI=1S/C18H24N2O3/c21-18(19-15-6-2-1-3-7-15)14-20(12-16-8-4-10-22-16)13-17-9-5-11-23-17/h4-5,8-11,15H,1-3,6-7,12-14H2,(H,19,21)/p+1. The van der Waals surface area contributed by atoms with Crippen LogP contribution in [0.4, 0.5) is 0 Å². The number of furan rings is 2. The average molecular weight is 317 g/mol. The summed E-state index contributed by atoms with van der Waals surface area (Å²) in [5.74, 6) is 1.89. The number of hydrogen-bond donors (Lipinski definition) is 2. The average Bonchev–Trinajstić information content (AvgIpc) is 3.22. The van der Waals surface area contributed by atoms with E-state index in [0.29, 0.717) is 25.7 Å². The van der Waals surface area contributed by atoms with Gasteiger partial charge in [0.1, 0.15) is 13.1 Å². The molecular formula is C18H25N2O3+. The number of hydrogen-bond acceptors (Lipinski definition) is 3. The van der Waals surface area contributed by atoms with Gasteiger partial charge in [0.25, 0.3) is 5.91 Å². The summed E-state index contributed by atoms with van der Waals surface area (Å²) in [6.07, 6.45) is 9.29. The van der Waals surface area contributed by atoms with Crippen molar-refractivity contribution in [1.82, 2.24) is 5.32 Å². The fourth-order valence-electron chi connectivity index (χ4n) is 3.26. The zero-order chi connectivity index (χ0) is 15.9. The number of nitrogens with one attached hydrogen (secondary N) is 2. The van der Waals surface area contributed by atoms with Crippen LogP contribution in [-0.2, 0) is 17.9 Å². The molecule has 5 nitrogen and oxygen atoms in total. The van der Waals surface area contributed by atoms with E-state index in [1.807, 2.05) is 24.3 Å². The van der Waals surface area contributed by atoms with Crippen LogP contribution in [0.5, 0.6) is 0 Å². The van der Waals surface area contributed by atoms with E-state index >= 15 is 0 Å². The minimum Gasteiger partial charge on any atom is -0.463 e. The first-order chi connectivity index (χ1) is 11.3. The largest absolute Gasteiger partial charge is 0.463 e. The Balaban J connectivity index is 1.56. The predicted octanol–water partition coefficient (Wildman–Crippen LogP) is 1.91. The highest BCUT2D eigenvalue weighted by molar-refractivity contribution is 5.77. The van der Waals surface area contributed by atoms with E-state index in [1.165, 1.54) is 19.3 Å². The molecule has 1 saturated carbocycles. The van der Waals surface area contributed by atoms with E-state index in [0.717, 1.165) is 29.3 Å². The van der Waals surface area contributed by atoms with Crippen LogP contribution < -0.4 is 10.2 Å². The lowest BCUT2D eigenvalue weighted by atomic mass is 9.95. The molecule has 0 unspecified atom stereocenters. The van der Waals surface area contributed by atoms with E-state index in [1.54, 1.807) is 12.5 Å². The van der Waals surface area contributed by atoms with Crippen LogP contribution in [0.25, 0.3) is 0 Å². The molecule has 23 heavy (non-hydrogen) atoms. The molecule has 3 rings (SSSR count). The van der Waals surface area contributed by atoms with Crippen molar-refractivity contribution in [2.45, 2.75) is 51.2 Å². The number of carbonyl (C=O) groups excluding carboxylic acids is 1. The molecule has 0 radical (unpaired) electrons. The van der Waals surface area contributed by atoms with Gasteiger partial charge in [0, 0.05) is 6.04 Å². The second kappa shape index (κ2) is 8.02. The summed E-state index contributed by atoms with van der Waals surface area (Å²) in [5, 5.41) is 3.19. The molecule has 0 bridgehead atoms. The van der Waals surface area contributed by atoms with Crippen molar-refractivity contribution >= 4 is 5.91 Å². The molecule has 1 fully saturated rings. The molecule has 1 amide bonds. The summed E-state index contributed by atoms with van der Waals surface area (Å²) in [6, 6.07) is 8.00. The quantitative estimate of drug-likeness (QED) is 0.820. The second-order valence-electron chi connectivity index (χ2n) is 6.34. The van der Waals surface area contributed by atoms with E-state index in [2.05, 4.69) is 5.32 Å². The van der Waals surface area contributed by atoms with Crippen LogP contribution in [0.3, 0.4) is 0 Å². The van der Waals surface area contributed by atoms with Crippen LogP contribution in [0, 0.1) is 0 Å². The maximum absolute atomic E-state index is 12.4. The highest BCUT2D eigenvalue weighted by Crippen LogP contribution is 2.17. The molecule has 5 heteroatoms. The Morgan fingerprint density at radius 2 is 1.65 bits per heavy atom. The van der Waals surface area contributed by atoms with Crippen LogP contribution in [0.2, 0.25) is 0 Å².